The molecule has 174 valence electrons. The summed E-state index contributed by atoms with van der Waals surface area (Å²) in [5.41, 5.74) is 1.90. The van der Waals surface area contributed by atoms with E-state index in [9.17, 15) is 14.4 Å². The number of ether oxygens (including phenoxy) is 3. The predicted molar refractivity (Wildman–Crippen MR) is 125 cm³/mol. The maximum Gasteiger partial charge on any atom is 0.348 e. The summed E-state index contributed by atoms with van der Waals surface area (Å²) in [7, 11) is 0. The van der Waals surface area contributed by atoms with E-state index in [0.717, 1.165) is 29.9 Å². The average Bonchev–Trinajstić information content (AvgIpc) is 3.08. The van der Waals surface area contributed by atoms with Crippen LogP contribution in [0.3, 0.4) is 0 Å². The number of amides is 1. The summed E-state index contributed by atoms with van der Waals surface area (Å²) in [5, 5.41) is 3.04. The van der Waals surface area contributed by atoms with E-state index in [-0.39, 0.29) is 36.0 Å². The zero-order valence-corrected chi connectivity index (χ0v) is 19.9. The zero-order valence-electron chi connectivity index (χ0n) is 19.1. The van der Waals surface area contributed by atoms with Gasteiger partial charge in [-0.25, -0.2) is 9.59 Å². The molecule has 2 rings (SSSR count). The molecule has 32 heavy (non-hydrogen) atoms. The lowest BCUT2D eigenvalue weighted by Gasteiger charge is -2.08. The summed E-state index contributed by atoms with van der Waals surface area (Å²) in [4.78, 5) is 37.4. The second kappa shape index (κ2) is 12.9. The smallest absolute Gasteiger partial charge is 0.348 e. The Kier molecular flexibility index (Phi) is 10.2. The second-order valence-electron chi connectivity index (χ2n) is 7.10. The van der Waals surface area contributed by atoms with Gasteiger partial charge in [0.25, 0.3) is 0 Å². The summed E-state index contributed by atoms with van der Waals surface area (Å²) in [6.07, 6.45) is 2.85. The fourth-order valence-electron chi connectivity index (χ4n) is 3.09. The molecular weight excluding hydrogens is 430 g/mol. The van der Waals surface area contributed by atoms with Crippen LogP contribution in [-0.4, -0.2) is 37.7 Å². The number of rotatable bonds is 12. The molecule has 1 aromatic heterocycles. The van der Waals surface area contributed by atoms with Gasteiger partial charge in [-0.1, -0.05) is 25.5 Å². The van der Waals surface area contributed by atoms with E-state index in [4.69, 9.17) is 14.2 Å². The molecule has 0 atom stereocenters. The van der Waals surface area contributed by atoms with Gasteiger partial charge in [-0.2, -0.15) is 0 Å². The summed E-state index contributed by atoms with van der Waals surface area (Å²) in [6.45, 7) is 7.98. The van der Waals surface area contributed by atoms with E-state index in [1.807, 2.05) is 24.3 Å². The molecule has 1 aromatic carbocycles. The summed E-state index contributed by atoms with van der Waals surface area (Å²) < 4.78 is 15.9. The summed E-state index contributed by atoms with van der Waals surface area (Å²) >= 11 is 1.02. The average molecular weight is 462 g/mol. The highest BCUT2D eigenvalue weighted by Gasteiger charge is 2.27. The zero-order chi connectivity index (χ0) is 23.5. The van der Waals surface area contributed by atoms with Crippen molar-refractivity contribution in [2.24, 2.45) is 0 Å². The number of nitrogens with one attached hydrogen (secondary N) is 1. The van der Waals surface area contributed by atoms with Crippen molar-refractivity contribution in [3.8, 4) is 5.75 Å². The van der Waals surface area contributed by atoms with Crippen LogP contribution in [-0.2, 0) is 20.7 Å². The van der Waals surface area contributed by atoms with Gasteiger partial charge in [0.2, 0.25) is 5.91 Å². The maximum atomic E-state index is 12.5. The molecule has 1 amide bonds. The van der Waals surface area contributed by atoms with Crippen LogP contribution in [0.25, 0.3) is 0 Å². The Morgan fingerprint density at radius 1 is 0.969 bits per heavy atom. The Labute approximate surface area is 193 Å². The van der Waals surface area contributed by atoms with Crippen LogP contribution in [0.1, 0.15) is 71.2 Å². The minimum absolute atomic E-state index is 0.188. The lowest BCUT2D eigenvalue weighted by molar-refractivity contribution is -0.116. The van der Waals surface area contributed by atoms with Crippen molar-refractivity contribution in [3.05, 3.63) is 45.8 Å². The van der Waals surface area contributed by atoms with Crippen LogP contribution in [0.15, 0.2) is 24.3 Å². The van der Waals surface area contributed by atoms with Crippen molar-refractivity contribution in [3.63, 3.8) is 0 Å². The Bertz CT molecular complexity index is 919. The first kappa shape index (κ1) is 25.4. The maximum absolute atomic E-state index is 12.5. The van der Waals surface area contributed by atoms with Crippen LogP contribution in [0, 0.1) is 6.92 Å². The van der Waals surface area contributed by atoms with Crippen molar-refractivity contribution >= 4 is 34.2 Å². The van der Waals surface area contributed by atoms with Gasteiger partial charge in [0.15, 0.2) is 0 Å². The van der Waals surface area contributed by atoms with E-state index < -0.39 is 11.9 Å². The third-order valence-corrected chi connectivity index (χ3v) is 5.81. The van der Waals surface area contributed by atoms with Gasteiger partial charge in [-0.3, -0.25) is 4.79 Å². The second-order valence-corrected chi connectivity index (χ2v) is 8.12. The monoisotopic (exact) mass is 461 g/mol. The van der Waals surface area contributed by atoms with E-state index >= 15 is 0 Å². The summed E-state index contributed by atoms with van der Waals surface area (Å²) in [5.74, 6) is -0.613. The van der Waals surface area contributed by atoms with Gasteiger partial charge in [0.05, 0.1) is 25.4 Å². The van der Waals surface area contributed by atoms with E-state index in [2.05, 4.69) is 12.2 Å². The highest BCUT2D eigenvalue weighted by molar-refractivity contribution is 7.18. The quantitative estimate of drug-likeness (QED) is 0.347. The van der Waals surface area contributed by atoms with Crippen LogP contribution in [0.5, 0.6) is 5.75 Å². The molecule has 7 nitrogen and oxygen atoms in total. The third-order valence-electron chi connectivity index (χ3n) is 4.62. The molecule has 0 aliphatic rings. The molecule has 0 saturated carbocycles. The first-order valence-corrected chi connectivity index (χ1v) is 11.7. The largest absolute Gasteiger partial charge is 0.494 e. The Balaban J connectivity index is 1.96. The Morgan fingerprint density at radius 3 is 2.25 bits per heavy atom. The number of benzene rings is 1. The molecule has 8 heteroatoms. The van der Waals surface area contributed by atoms with E-state index in [1.54, 1.807) is 20.8 Å². The predicted octanol–water partition coefficient (Wildman–Crippen LogP) is 5.16. The molecule has 0 radical (unpaired) electrons. The number of anilines is 1. The van der Waals surface area contributed by atoms with Gasteiger partial charge in [-0.15, -0.1) is 11.3 Å². The van der Waals surface area contributed by atoms with Crippen LogP contribution >= 0.6 is 11.3 Å². The van der Waals surface area contributed by atoms with Crippen molar-refractivity contribution < 1.29 is 28.6 Å². The SMILES string of the molecule is CCCc1ccc(OCCCC(=O)Nc2sc(C(=O)OCC)c(C)c2C(=O)OCC)cc1. The normalized spacial score (nSPS) is 10.5. The highest BCUT2D eigenvalue weighted by atomic mass is 32.1. The number of carbonyl (C=O) groups excluding carboxylic acids is 3. The number of thiophene rings is 1. The van der Waals surface area contributed by atoms with Gasteiger partial charge < -0.3 is 19.5 Å². The molecule has 0 fully saturated rings. The lowest BCUT2D eigenvalue weighted by atomic mass is 10.1. The fraction of sp³-hybridized carbons (Fsp3) is 0.458. The standard InChI is InChI=1S/C24H31NO6S/c1-5-9-17-11-13-18(14-12-17)31-15-8-10-19(26)25-22-20(23(27)29-6-2)16(4)21(32-22)24(28)30-7-3/h11-14H,5-10,15H2,1-4H3,(H,25,26). The van der Waals surface area contributed by atoms with E-state index in [0.29, 0.717) is 23.6 Å². The molecule has 0 saturated heterocycles. The topological polar surface area (TPSA) is 90.9 Å². The van der Waals surface area contributed by atoms with Crippen molar-refractivity contribution in [2.45, 2.75) is 53.4 Å². The van der Waals surface area contributed by atoms with E-state index in [1.165, 1.54) is 5.56 Å². The van der Waals surface area contributed by atoms with Crippen molar-refractivity contribution in [1.29, 1.82) is 0 Å². The molecule has 0 spiro atoms. The molecule has 1 heterocycles. The minimum atomic E-state index is -0.582. The number of esters is 2. The number of hydrogen-bond acceptors (Lipinski definition) is 7. The van der Waals surface area contributed by atoms with Crippen LogP contribution < -0.4 is 10.1 Å². The van der Waals surface area contributed by atoms with Crippen LogP contribution in [0.2, 0.25) is 0 Å². The van der Waals surface area contributed by atoms with Crippen molar-refractivity contribution in [1.82, 2.24) is 0 Å². The van der Waals surface area contributed by atoms with Gasteiger partial charge in [0, 0.05) is 6.42 Å². The van der Waals surface area contributed by atoms with Crippen molar-refractivity contribution in [2.75, 3.05) is 25.1 Å². The molecular formula is C24H31NO6S. The number of aryl methyl sites for hydroxylation is 1. The molecule has 1 N–H and O–H groups in total. The number of hydrogen-bond donors (Lipinski definition) is 1. The Hall–Kier alpha value is -2.87. The first-order valence-electron chi connectivity index (χ1n) is 10.9. The number of carbonyl (C=O) groups is 3. The molecule has 0 aliphatic heterocycles. The fourth-order valence-corrected chi connectivity index (χ4v) is 4.20. The third kappa shape index (κ3) is 7.09. The van der Waals surface area contributed by atoms with Crippen LogP contribution in [0.4, 0.5) is 5.00 Å². The molecule has 0 bridgehead atoms. The Morgan fingerprint density at radius 2 is 1.62 bits per heavy atom. The lowest BCUT2D eigenvalue weighted by Crippen LogP contribution is -2.15. The van der Waals surface area contributed by atoms with Gasteiger partial charge in [0.1, 0.15) is 15.6 Å². The highest BCUT2D eigenvalue weighted by Crippen LogP contribution is 2.34. The molecule has 2 aromatic rings. The first-order chi connectivity index (χ1) is 15.4. The molecule has 0 aliphatic carbocycles. The van der Waals surface area contributed by atoms with Gasteiger partial charge >= 0.3 is 11.9 Å². The van der Waals surface area contributed by atoms with Gasteiger partial charge in [-0.05, 0) is 56.9 Å². The molecule has 0 unspecified atom stereocenters. The minimum Gasteiger partial charge on any atom is -0.494 e. The summed E-state index contributed by atoms with van der Waals surface area (Å²) in [6, 6.07) is 7.95.